The molecule has 0 bridgehead atoms. The Kier molecular flexibility index (Phi) is 5.50. The minimum Gasteiger partial charge on any atom is -0.450 e. The van der Waals surface area contributed by atoms with E-state index in [1.807, 2.05) is 0 Å². The molecular weight excluding hydrogens is 378 g/mol. The fourth-order valence-electron chi connectivity index (χ4n) is 2.94. The van der Waals surface area contributed by atoms with Crippen molar-refractivity contribution in [1.82, 2.24) is 5.32 Å². The highest BCUT2D eigenvalue weighted by Gasteiger charge is 2.29. The lowest BCUT2D eigenvalue weighted by Crippen LogP contribution is -2.32. The molecule has 0 saturated heterocycles. The van der Waals surface area contributed by atoms with Gasteiger partial charge in [0.05, 0.1) is 12.2 Å². The standard InChI is InChI=1S/C18H16F2N2O4S/c1-2-26-18(25)22-15(23)13-9-5-3-8-12(9)27-17(13)21-16(24)14-10(19)6-4-7-11(14)20/h4,6-7H,2-3,5,8H2,1H3,(H,21,24)(H,22,23,25). The third-order valence-corrected chi connectivity index (χ3v) is 5.26. The molecule has 0 radical (unpaired) electrons. The number of amides is 3. The van der Waals surface area contributed by atoms with Crippen LogP contribution < -0.4 is 10.6 Å². The fraction of sp³-hybridized carbons (Fsp3) is 0.278. The van der Waals surface area contributed by atoms with Gasteiger partial charge in [0.15, 0.2) is 0 Å². The molecular formula is C18H16F2N2O4S. The van der Waals surface area contributed by atoms with Crippen molar-refractivity contribution in [2.75, 3.05) is 11.9 Å². The second kappa shape index (κ2) is 7.83. The monoisotopic (exact) mass is 394 g/mol. The number of fused-ring (bicyclic) bond motifs is 1. The summed E-state index contributed by atoms with van der Waals surface area (Å²) < 4.78 is 32.4. The average molecular weight is 394 g/mol. The van der Waals surface area contributed by atoms with Crippen molar-refractivity contribution in [2.45, 2.75) is 26.2 Å². The summed E-state index contributed by atoms with van der Waals surface area (Å²) in [5.41, 5.74) is 0.125. The van der Waals surface area contributed by atoms with E-state index in [9.17, 15) is 23.2 Å². The predicted molar refractivity (Wildman–Crippen MR) is 95.1 cm³/mol. The molecule has 1 aromatic heterocycles. The van der Waals surface area contributed by atoms with Gasteiger partial charge in [0.25, 0.3) is 11.8 Å². The number of carbonyl (C=O) groups excluding carboxylic acids is 3. The molecule has 0 atom stereocenters. The maximum Gasteiger partial charge on any atom is 0.414 e. The molecule has 2 aromatic rings. The van der Waals surface area contributed by atoms with E-state index >= 15 is 0 Å². The summed E-state index contributed by atoms with van der Waals surface area (Å²) in [6.45, 7) is 1.69. The van der Waals surface area contributed by atoms with Crippen LogP contribution in [0.15, 0.2) is 18.2 Å². The van der Waals surface area contributed by atoms with E-state index in [0.29, 0.717) is 6.42 Å². The van der Waals surface area contributed by atoms with Crippen molar-refractivity contribution in [1.29, 1.82) is 0 Å². The summed E-state index contributed by atoms with van der Waals surface area (Å²) in [4.78, 5) is 37.3. The minimum atomic E-state index is -1.01. The van der Waals surface area contributed by atoms with Crippen LogP contribution in [-0.4, -0.2) is 24.5 Å². The Labute approximate surface area is 157 Å². The Bertz CT molecular complexity index is 906. The lowest BCUT2D eigenvalue weighted by Gasteiger charge is -2.09. The SMILES string of the molecule is CCOC(=O)NC(=O)c1c(NC(=O)c2c(F)cccc2F)sc2c1CCC2. The van der Waals surface area contributed by atoms with Gasteiger partial charge in [0.2, 0.25) is 0 Å². The molecule has 1 aliphatic carbocycles. The maximum atomic E-state index is 13.8. The van der Waals surface area contributed by atoms with Gasteiger partial charge in [-0.3, -0.25) is 14.9 Å². The van der Waals surface area contributed by atoms with Crippen LogP contribution in [0.1, 0.15) is 44.5 Å². The van der Waals surface area contributed by atoms with E-state index < -0.39 is 35.1 Å². The Hall–Kier alpha value is -2.81. The topological polar surface area (TPSA) is 84.5 Å². The Morgan fingerprint density at radius 3 is 2.48 bits per heavy atom. The van der Waals surface area contributed by atoms with E-state index in [0.717, 1.165) is 52.8 Å². The van der Waals surface area contributed by atoms with Gasteiger partial charge in [-0.05, 0) is 43.9 Å². The lowest BCUT2D eigenvalue weighted by atomic mass is 10.1. The van der Waals surface area contributed by atoms with Crippen LogP contribution in [0.25, 0.3) is 0 Å². The zero-order valence-electron chi connectivity index (χ0n) is 14.4. The number of alkyl carbamates (subject to hydrolysis) is 1. The molecule has 2 N–H and O–H groups in total. The first-order chi connectivity index (χ1) is 12.9. The van der Waals surface area contributed by atoms with Crippen molar-refractivity contribution in [3.8, 4) is 0 Å². The van der Waals surface area contributed by atoms with Crippen molar-refractivity contribution in [2.24, 2.45) is 0 Å². The molecule has 1 heterocycles. The lowest BCUT2D eigenvalue weighted by molar-refractivity contribution is 0.0925. The Morgan fingerprint density at radius 1 is 1.11 bits per heavy atom. The van der Waals surface area contributed by atoms with Crippen LogP contribution in [0.4, 0.5) is 18.6 Å². The summed E-state index contributed by atoms with van der Waals surface area (Å²) in [7, 11) is 0. The normalized spacial score (nSPS) is 12.4. The number of hydrogen-bond acceptors (Lipinski definition) is 5. The zero-order chi connectivity index (χ0) is 19.6. The number of ether oxygens (including phenoxy) is 1. The van der Waals surface area contributed by atoms with Gasteiger partial charge in [-0.2, -0.15) is 0 Å². The third kappa shape index (κ3) is 3.82. The van der Waals surface area contributed by atoms with Gasteiger partial charge < -0.3 is 10.1 Å². The largest absolute Gasteiger partial charge is 0.450 e. The molecule has 0 saturated carbocycles. The van der Waals surface area contributed by atoms with Crippen LogP contribution in [0.2, 0.25) is 0 Å². The Balaban J connectivity index is 1.91. The second-order valence-electron chi connectivity index (χ2n) is 5.79. The number of benzene rings is 1. The highest BCUT2D eigenvalue weighted by Crippen LogP contribution is 2.39. The van der Waals surface area contributed by atoms with E-state index in [4.69, 9.17) is 4.74 Å². The van der Waals surface area contributed by atoms with Gasteiger partial charge >= 0.3 is 6.09 Å². The maximum absolute atomic E-state index is 13.8. The number of imide groups is 1. The third-order valence-electron chi connectivity index (χ3n) is 4.06. The summed E-state index contributed by atoms with van der Waals surface area (Å²) >= 11 is 1.16. The van der Waals surface area contributed by atoms with Gasteiger partial charge in [-0.25, -0.2) is 13.6 Å². The van der Waals surface area contributed by atoms with E-state index in [1.165, 1.54) is 0 Å². The molecule has 3 rings (SSSR count). The first kappa shape index (κ1) is 19.0. The van der Waals surface area contributed by atoms with Crippen LogP contribution in [0.3, 0.4) is 0 Å². The van der Waals surface area contributed by atoms with E-state index in [-0.39, 0.29) is 17.2 Å². The molecule has 1 aromatic carbocycles. The fourth-order valence-corrected chi connectivity index (χ4v) is 4.22. The van der Waals surface area contributed by atoms with Crippen molar-refractivity contribution in [3.63, 3.8) is 0 Å². The molecule has 0 aliphatic heterocycles. The second-order valence-corrected chi connectivity index (χ2v) is 6.89. The van der Waals surface area contributed by atoms with Gasteiger partial charge in [0.1, 0.15) is 22.2 Å². The van der Waals surface area contributed by atoms with Crippen LogP contribution in [0.5, 0.6) is 0 Å². The molecule has 0 spiro atoms. The summed E-state index contributed by atoms with van der Waals surface area (Å²) in [5.74, 6) is -3.74. The molecule has 0 fully saturated rings. The first-order valence-corrected chi connectivity index (χ1v) is 9.12. The number of nitrogens with one attached hydrogen (secondary N) is 2. The van der Waals surface area contributed by atoms with Gasteiger partial charge in [0, 0.05) is 4.88 Å². The van der Waals surface area contributed by atoms with E-state index in [1.54, 1.807) is 6.92 Å². The minimum absolute atomic E-state index is 0.0943. The Morgan fingerprint density at radius 2 is 1.81 bits per heavy atom. The number of carbonyl (C=O) groups is 3. The molecule has 142 valence electrons. The molecule has 6 nitrogen and oxygen atoms in total. The van der Waals surface area contributed by atoms with Gasteiger partial charge in [-0.1, -0.05) is 6.07 Å². The highest BCUT2D eigenvalue weighted by molar-refractivity contribution is 7.17. The molecule has 3 amide bonds. The van der Waals surface area contributed by atoms with Crippen LogP contribution >= 0.6 is 11.3 Å². The molecule has 9 heteroatoms. The average Bonchev–Trinajstić information content (AvgIpc) is 3.15. The molecule has 1 aliphatic rings. The van der Waals surface area contributed by atoms with Crippen LogP contribution in [0, 0.1) is 11.6 Å². The first-order valence-electron chi connectivity index (χ1n) is 8.30. The van der Waals surface area contributed by atoms with Crippen molar-refractivity contribution < 1.29 is 27.9 Å². The highest BCUT2D eigenvalue weighted by atomic mass is 32.1. The summed E-state index contributed by atoms with van der Waals surface area (Å²) in [6, 6.07) is 3.10. The number of halogens is 2. The van der Waals surface area contributed by atoms with Crippen molar-refractivity contribution >= 4 is 34.2 Å². The zero-order valence-corrected chi connectivity index (χ0v) is 15.2. The quantitative estimate of drug-likeness (QED) is 0.829. The molecule has 0 unspecified atom stereocenters. The number of hydrogen-bond donors (Lipinski definition) is 2. The van der Waals surface area contributed by atoms with Crippen LogP contribution in [-0.2, 0) is 17.6 Å². The number of thiophene rings is 1. The molecule has 27 heavy (non-hydrogen) atoms. The summed E-state index contributed by atoms with van der Waals surface area (Å²) in [6.07, 6.45) is 1.28. The smallest absolute Gasteiger partial charge is 0.414 e. The summed E-state index contributed by atoms with van der Waals surface area (Å²) in [5, 5.41) is 4.65. The van der Waals surface area contributed by atoms with Crippen molar-refractivity contribution in [3.05, 3.63) is 51.4 Å². The van der Waals surface area contributed by atoms with Gasteiger partial charge in [-0.15, -0.1) is 11.3 Å². The predicted octanol–water partition coefficient (Wildman–Crippen LogP) is 3.65. The number of rotatable bonds is 4. The number of aryl methyl sites for hydroxylation is 1. The van der Waals surface area contributed by atoms with E-state index in [2.05, 4.69) is 10.6 Å². The number of anilines is 1.